The molecule has 0 aliphatic rings. The van der Waals surface area contributed by atoms with Gasteiger partial charge in [0.1, 0.15) is 0 Å². The van der Waals surface area contributed by atoms with Gasteiger partial charge in [-0.3, -0.25) is 9.59 Å². The van der Waals surface area contributed by atoms with Crippen LogP contribution in [0.5, 0.6) is 0 Å². The number of nitrogens with two attached hydrogens (primary N) is 1. The van der Waals surface area contributed by atoms with Gasteiger partial charge in [0.05, 0.1) is 12.6 Å². The van der Waals surface area contributed by atoms with Crippen molar-refractivity contribution >= 4 is 12.2 Å². The zero-order valence-corrected chi connectivity index (χ0v) is 6.83. The van der Waals surface area contributed by atoms with Gasteiger partial charge in [-0.2, -0.15) is 0 Å². The Balaban J connectivity index is 4.14. The van der Waals surface area contributed by atoms with Crippen LogP contribution in [0.3, 0.4) is 0 Å². The average Bonchev–Trinajstić information content (AvgIpc) is 2.05. The molecule has 4 heteroatoms. The predicted molar refractivity (Wildman–Crippen MR) is 41.6 cm³/mol. The second-order valence-corrected chi connectivity index (χ2v) is 2.18. The molecule has 0 spiro atoms. The average molecular weight is 157 g/mol. The van der Waals surface area contributed by atoms with Gasteiger partial charge in [0.15, 0.2) is 0 Å². The third-order valence-corrected chi connectivity index (χ3v) is 1.47. The molecule has 11 heavy (non-hydrogen) atoms. The van der Waals surface area contributed by atoms with E-state index in [9.17, 15) is 9.59 Å². The van der Waals surface area contributed by atoms with Crippen molar-refractivity contribution in [2.75, 3.05) is 13.1 Å². The molecule has 0 unspecified atom stereocenters. The summed E-state index contributed by atoms with van der Waals surface area (Å²) in [6, 6.07) is -0.490. The fourth-order valence-corrected chi connectivity index (χ4v) is 0.847. The first kappa shape index (κ1) is 10.1. The molecule has 0 bridgehead atoms. The molecule has 1 atom stereocenters. The van der Waals surface area contributed by atoms with Gasteiger partial charge in [-0.05, 0) is 13.8 Å². The van der Waals surface area contributed by atoms with Crippen LogP contribution in [-0.2, 0) is 9.59 Å². The zero-order valence-electron chi connectivity index (χ0n) is 6.83. The van der Waals surface area contributed by atoms with Gasteiger partial charge in [0.2, 0.25) is 12.2 Å². The van der Waals surface area contributed by atoms with Crippen molar-refractivity contribution in [1.29, 1.82) is 0 Å². The summed E-state index contributed by atoms with van der Waals surface area (Å²) in [5.74, 6) is -0.219. The summed E-state index contributed by atoms with van der Waals surface area (Å²) >= 11 is 0. The minimum absolute atomic E-state index is 0.0557. The van der Waals surface area contributed by atoms with E-state index in [1.807, 2.05) is 0 Å². The Hall–Kier alpha value is -0.900. The molecular weight excluding hydrogens is 144 g/mol. The Morgan fingerprint density at radius 1 is 1.73 bits per heavy atom. The Bertz CT molecular complexity index is 147. The summed E-state index contributed by atoms with van der Waals surface area (Å²) in [5.41, 5.74) is 5.12. The highest BCUT2D eigenvalue weighted by molar-refractivity contribution is 5.81. The van der Waals surface area contributed by atoms with Gasteiger partial charge >= 0.3 is 0 Å². The van der Waals surface area contributed by atoms with E-state index in [0.29, 0.717) is 6.54 Å². The predicted octanol–water partition coefficient (Wildman–Crippen LogP) is -0.708. The molecule has 0 fully saturated rings. The fourth-order valence-electron chi connectivity index (χ4n) is 0.847. The number of rotatable bonds is 4. The summed E-state index contributed by atoms with van der Waals surface area (Å²) < 4.78 is 0. The lowest BCUT2D eigenvalue weighted by Crippen LogP contribution is -2.42. The Morgan fingerprint density at radius 3 is 2.55 bits per heavy atom. The van der Waals surface area contributed by atoms with Crippen molar-refractivity contribution in [3.05, 3.63) is 0 Å². The maximum absolute atomic E-state index is 11.0. The SMILES string of the molecule is CCN(C(=O)CN)[C@@H](C)[C]=O. The van der Waals surface area contributed by atoms with Gasteiger partial charge in [0, 0.05) is 6.54 Å². The molecule has 0 saturated heterocycles. The minimum atomic E-state index is -0.490. The molecule has 0 saturated carbocycles. The number of amides is 1. The van der Waals surface area contributed by atoms with Gasteiger partial charge in [-0.1, -0.05) is 0 Å². The molecule has 0 aliphatic carbocycles. The normalized spacial score (nSPS) is 12.3. The highest BCUT2D eigenvalue weighted by Gasteiger charge is 2.16. The molecule has 0 aromatic rings. The molecule has 2 N–H and O–H groups in total. The number of hydrogen-bond acceptors (Lipinski definition) is 3. The molecule has 0 aliphatic heterocycles. The summed E-state index contributed by atoms with van der Waals surface area (Å²) in [6.45, 7) is 3.84. The molecule has 1 radical (unpaired) electrons. The lowest BCUT2D eigenvalue weighted by molar-refractivity contribution is -0.130. The van der Waals surface area contributed by atoms with E-state index >= 15 is 0 Å². The van der Waals surface area contributed by atoms with E-state index in [2.05, 4.69) is 0 Å². The first-order valence-electron chi connectivity index (χ1n) is 3.54. The minimum Gasteiger partial charge on any atom is -0.332 e. The quantitative estimate of drug-likeness (QED) is 0.586. The van der Waals surface area contributed by atoms with E-state index in [1.165, 1.54) is 4.90 Å². The molecule has 4 nitrogen and oxygen atoms in total. The largest absolute Gasteiger partial charge is 0.332 e. The molecule has 0 heterocycles. The maximum atomic E-state index is 11.0. The van der Waals surface area contributed by atoms with Crippen LogP contribution in [0.25, 0.3) is 0 Å². The standard InChI is InChI=1S/C7H13N2O2/c1-3-9(6(2)5-10)7(11)4-8/h6H,3-4,8H2,1-2H3/t6-/m0/s1. The topological polar surface area (TPSA) is 63.4 Å². The first-order valence-corrected chi connectivity index (χ1v) is 3.54. The lowest BCUT2D eigenvalue weighted by Gasteiger charge is -2.22. The summed E-state index contributed by atoms with van der Waals surface area (Å²) in [7, 11) is 0. The molecule has 0 aromatic carbocycles. The van der Waals surface area contributed by atoms with Crippen LogP contribution in [0, 0.1) is 0 Å². The van der Waals surface area contributed by atoms with E-state index in [4.69, 9.17) is 5.73 Å². The van der Waals surface area contributed by atoms with Crippen LogP contribution in [0.1, 0.15) is 13.8 Å². The van der Waals surface area contributed by atoms with E-state index in [1.54, 1.807) is 20.1 Å². The Morgan fingerprint density at radius 2 is 2.27 bits per heavy atom. The van der Waals surface area contributed by atoms with Gasteiger partial charge in [-0.25, -0.2) is 0 Å². The third-order valence-electron chi connectivity index (χ3n) is 1.47. The molecule has 0 rings (SSSR count). The smallest absolute Gasteiger partial charge is 0.236 e. The number of carbonyl (C=O) groups is 1. The van der Waals surface area contributed by atoms with E-state index < -0.39 is 6.04 Å². The number of hydrogen-bond donors (Lipinski definition) is 1. The van der Waals surface area contributed by atoms with Crippen molar-refractivity contribution in [3.63, 3.8) is 0 Å². The summed E-state index contributed by atoms with van der Waals surface area (Å²) in [6.07, 6.45) is 1.73. The molecule has 1 amide bonds. The Kier molecular flexibility index (Phi) is 4.45. The highest BCUT2D eigenvalue weighted by atomic mass is 16.2. The van der Waals surface area contributed by atoms with E-state index in [-0.39, 0.29) is 12.5 Å². The Labute approximate surface area is 66.4 Å². The second kappa shape index (κ2) is 4.85. The molecular formula is C7H13N2O2. The van der Waals surface area contributed by atoms with Gasteiger partial charge < -0.3 is 10.6 Å². The number of carbonyl (C=O) groups excluding carboxylic acids is 2. The second-order valence-electron chi connectivity index (χ2n) is 2.18. The van der Waals surface area contributed by atoms with Crippen molar-refractivity contribution < 1.29 is 9.59 Å². The maximum Gasteiger partial charge on any atom is 0.236 e. The fraction of sp³-hybridized carbons (Fsp3) is 0.714. The van der Waals surface area contributed by atoms with Crippen molar-refractivity contribution in [2.24, 2.45) is 5.73 Å². The lowest BCUT2D eigenvalue weighted by atomic mass is 10.3. The van der Waals surface area contributed by atoms with Gasteiger partial charge in [0.25, 0.3) is 0 Å². The summed E-state index contributed by atoms with van der Waals surface area (Å²) in [5, 5.41) is 0. The van der Waals surface area contributed by atoms with Crippen molar-refractivity contribution in [2.45, 2.75) is 19.9 Å². The number of likely N-dealkylation sites (N-methyl/N-ethyl adjacent to an activating group) is 1. The zero-order chi connectivity index (χ0) is 8.85. The molecule has 0 aromatic heterocycles. The third kappa shape index (κ3) is 2.67. The number of nitrogens with zero attached hydrogens (tertiary/aromatic N) is 1. The highest BCUT2D eigenvalue weighted by Crippen LogP contribution is 1.94. The van der Waals surface area contributed by atoms with Crippen molar-refractivity contribution in [3.8, 4) is 0 Å². The monoisotopic (exact) mass is 157 g/mol. The first-order chi connectivity index (χ1) is 5.17. The van der Waals surface area contributed by atoms with E-state index in [0.717, 1.165) is 0 Å². The van der Waals surface area contributed by atoms with Crippen LogP contribution >= 0.6 is 0 Å². The molecule has 63 valence electrons. The summed E-state index contributed by atoms with van der Waals surface area (Å²) in [4.78, 5) is 22.5. The van der Waals surface area contributed by atoms with Crippen LogP contribution in [0.4, 0.5) is 0 Å². The van der Waals surface area contributed by atoms with Crippen LogP contribution < -0.4 is 5.73 Å². The van der Waals surface area contributed by atoms with Crippen LogP contribution in [0.2, 0.25) is 0 Å². The van der Waals surface area contributed by atoms with Crippen LogP contribution in [0.15, 0.2) is 0 Å². The van der Waals surface area contributed by atoms with Gasteiger partial charge in [-0.15, -0.1) is 0 Å². The van der Waals surface area contributed by atoms with Crippen molar-refractivity contribution in [1.82, 2.24) is 4.90 Å². The van der Waals surface area contributed by atoms with Crippen LogP contribution in [-0.4, -0.2) is 36.2 Å².